The van der Waals surface area contributed by atoms with Crippen LogP contribution in [0.5, 0.6) is 0 Å². The van der Waals surface area contributed by atoms with Crippen molar-refractivity contribution in [3.8, 4) is 0 Å². The summed E-state index contributed by atoms with van der Waals surface area (Å²) in [7, 11) is 0. The zero-order chi connectivity index (χ0) is 13.7. The summed E-state index contributed by atoms with van der Waals surface area (Å²) in [6, 6.07) is 1.03. The van der Waals surface area contributed by atoms with Crippen molar-refractivity contribution in [3.63, 3.8) is 0 Å². The van der Waals surface area contributed by atoms with E-state index in [1.807, 2.05) is 0 Å². The number of anilines is 1. The molecule has 2 amide bonds. The minimum atomic E-state index is -1.07. The Morgan fingerprint density at radius 3 is 2.56 bits per heavy atom. The van der Waals surface area contributed by atoms with Gasteiger partial charge in [-0.15, -0.1) is 0 Å². The monoisotopic (exact) mass is 258 g/mol. The summed E-state index contributed by atoms with van der Waals surface area (Å²) < 4.78 is 26.5. The van der Waals surface area contributed by atoms with Crippen LogP contribution in [0.1, 0.15) is 12.0 Å². The highest BCUT2D eigenvalue weighted by Crippen LogP contribution is 2.18. The number of rotatable bonds is 4. The number of carboxylic acid groups (broad SMARTS) is 1. The van der Waals surface area contributed by atoms with Crippen LogP contribution in [0.15, 0.2) is 12.1 Å². The first-order chi connectivity index (χ1) is 8.40. The summed E-state index contributed by atoms with van der Waals surface area (Å²) >= 11 is 0. The molecule has 0 radical (unpaired) electrons. The first kappa shape index (κ1) is 13.9. The normalized spacial score (nSPS) is 9.94. The second-order valence-corrected chi connectivity index (χ2v) is 3.61. The number of hydrogen-bond donors (Lipinski definition) is 3. The van der Waals surface area contributed by atoms with Gasteiger partial charge in [0.05, 0.1) is 12.1 Å². The van der Waals surface area contributed by atoms with Gasteiger partial charge < -0.3 is 15.7 Å². The van der Waals surface area contributed by atoms with Crippen LogP contribution in [-0.4, -0.2) is 23.7 Å². The van der Waals surface area contributed by atoms with E-state index in [2.05, 4.69) is 10.6 Å². The number of nitrogens with one attached hydrogen (secondary N) is 2. The molecule has 0 aliphatic carbocycles. The summed E-state index contributed by atoms with van der Waals surface area (Å²) in [5.74, 6) is -2.47. The number of carbonyl (C=O) groups is 2. The molecule has 7 heteroatoms. The first-order valence-corrected chi connectivity index (χ1v) is 5.12. The van der Waals surface area contributed by atoms with E-state index in [4.69, 9.17) is 5.11 Å². The van der Waals surface area contributed by atoms with Crippen molar-refractivity contribution in [1.29, 1.82) is 0 Å². The summed E-state index contributed by atoms with van der Waals surface area (Å²) in [6.07, 6.45) is -0.252. The first-order valence-electron chi connectivity index (χ1n) is 5.12. The van der Waals surface area contributed by atoms with Gasteiger partial charge in [-0.05, 0) is 18.6 Å². The summed E-state index contributed by atoms with van der Waals surface area (Å²) in [5, 5.41) is 12.6. The van der Waals surface area contributed by atoms with Gasteiger partial charge in [0.25, 0.3) is 0 Å². The average Bonchev–Trinajstić information content (AvgIpc) is 2.25. The smallest absolute Gasteiger partial charge is 0.319 e. The molecule has 0 aromatic heterocycles. The number of carbonyl (C=O) groups excluding carboxylic acids is 1. The molecule has 0 saturated carbocycles. The van der Waals surface area contributed by atoms with Crippen molar-refractivity contribution >= 4 is 17.7 Å². The van der Waals surface area contributed by atoms with Crippen LogP contribution in [-0.2, 0) is 4.79 Å². The van der Waals surface area contributed by atoms with Crippen LogP contribution in [0, 0.1) is 18.6 Å². The van der Waals surface area contributed by atoms with E-state index in [0.717, 1.165) is 12.1 Å². The molecule has 0 fully saturated rings. The lowest BCUT2D eigenvalue weighted by atomic mass is 10.2. The molecular weight excluding hydrogens is 246 g/mol. The summed E-state index contributed by atoms with van der Waals surface area (Å²) in [4.78, 5) is 21.4. The van der Waals surface area contributed by atoms with Gasteiger partial charge >= 0.3 is 12.0 Å². The second kappa shape index (κ2) is 5.95. The van der Waals surface area contributed by atoms with E-state index in [1.165, 1.54) is 6.92 Å². The average molecular weight is 258 g/mol. The Bertz CT molecular complexity index is 478. The Hall–Kier alpha value is -2.18. The van der Waals surface area contributed by atoms with Crippen LogP contribution in [0.3, 0.4) is 0 Å². The van der Waals surface area contributed by atoms with E-state index in [1.54, 1.807) is 0 Å². The standard InChI is InChI=1S/C11H12F2N2O3/c1-6-4-8(13)9(5-7(6)12)15-11(18)14-3-2-10(16)17/h4-5H,2-3H2,1H3,(H,16,17)(H2,14,15,18). The molecule has 1 rings (SSSR count). The molecule has 0 heterocycles. The molecular formula is C11H12F2N2O3. The fourth-order valence-corrected chi connectivity index (χ4v) is 1.19. The minimum Gasteiger partial charge on any atom is -0.481 e. The molecule has 0 bridgehead atoms. The molecule has 3 N–H and O–H groups in total. The topological polar surface area (TPSA) is 78.4 Å². The third kappa shape index (κ3) is 4.00. The summed E-state index contributed by atoms with van der Waals surface area (Å²) in [5.41, 5.74) is -0.171. The predicted octanol–water partition coefficient (Wildman–Crippen LogP) is 1.87. The molecule has 0 spiro atoms. The lowest BCUT2D eigenvalue weighted by Crippen LogP contribution is -2.30. The fourth-order valence-electron chi connectivity index (χ4n) is 1.19. The number of hydrogen-bond acceptors (Lipinski definition) is 2. The predicted molar refractivity (Wildman–Crippen MR) is 60.4 cm³/mol. The number of carboxylic acids is 1. The zero-order valence-electron chi connectivity index (χ0n) is 9.59. The van der Waals surface area contributed by atoms with Crippen LogP contribution in [0.4, 0.5) is 19.3 Å². The van der Waals surface area contributed by atoms with Crippen LogP contribution in [0.25, 0.3) is 0 Å². The van der Waals surface area contributed by atoms with Crippen LogP contribution in [0.2, 0.25) is 0 Å². The highest BCUT2D eigenvalue weighted by Gasteiger charge is 2.10. The van der Waals surface area contributed by atoms with Crippen molar-refractivity contribution in [1.82, 2.24) is 5.32 Å². The van der Waals surface area contributed by atoms with E-state index in [9.17, 15) is 18.4 Å². The molecule has 18 heavy (non-hydrogen) atoms. The second-order valence-electron chi connectivity index (χ2n) is 3.61. The quantitative estimate of drug-likeness (QED) is 0.771. The molecule has 1 aromatic carbocycles. The van der Waals surface area contributed by atoms with Gasteiger partial charge in [0.1, 0.15) is 11.6 Å². The number of aliphatic carboxylic acids is 1. The maximum Gasteiger partial charge on any atom is 0.319 e. The third-order valence-electron chi connectivity index (χ3n) is 2.12. The van der Waals surface area contributed by atoms with Crippen molar-refractivity contribution in [3.05, 3.63) is 29.3 Å². The van der Waals surface area contributed by atoms with Gasteiger partial charge in [0, 0.05) is 12.6 Å². The largest absolute Gasteiger partial charge is 0.481 e. The van der Waals surface area contributed by atoms with Gasteiger partial charge in [-0.1, -0.05) is 0 Å². The maximum absolute atomic E-state index is 13.3. The lowest BCUT2D eigenvalue weighted by molar-refractivity contribution is -0.136. The minimum absolute atomic E-state index is 0.100. The molecule has 0 atom stereocenters. The SMILES string of the molecule is Cc1cc(F)c(NC(=O)NCCC(=O)O)cc1F. The van der Waals surface area contributed by atoms with Gasteiger partial charge in [0.15, 0.2) is 0 Å². The number of urea groups is 1. The van der Waals surface area contributed by atoms with E-state index < -0.39 is 23.6 Å². The van der Waals surface area contributed by atoms with Gasteiger partial charge in [-0.3, -0.25) is 4.79 Å². The van der Waals surface area contributed by atoms with E-state index >= 15 is 0 Å². The van der Waals surface area contributed by atoms with Gasteiger partial charge in [-0.25, -0.2) is 13.6 Å². The van der Waals surface area contributed by atoms with Crippen molar-refractivity contribution in [2.45, 2.75) is 13.3 Å². The number of amides is 2. The Morgan fingerprint density at radius 2 is 1.94 bits per heavy atom. The molecule has 0 aliphatic rings. The van der Waals surface area contributed by atoms with Gasteiger partial charge in [-0.2, -0.15) is 0 Å². The molecule has 0 saturated heterocycles. The maximum atomic E-state index is 13.3. The van der Waals surface area contributed by atoms with Gasteiger partial charge in [0.2, 0.25) is 0 Å². The zero-order valence-corrected chi connectivity index (χ0v) is 9.59. The Morgan fingerprint density at radius 1 is 1.28 bits per heavy atom. The lowest BCUT2D eigenvalue weighted by Gasteiger charge is -2.08. The number of aryl methyl sites for hydroxylation is 1. The van der Waals surface area contributed by atoms with E-state index in [0.29, 0.717) is 0 Å². The van der Waals surface area contributed by atoms with Crippen molar-refractivity contribution in [2.24, 2.45) is 0 Å². The Kier molecular flexibility index (Phi) is 4.59. The fraction of sp³-hybridized carbons (Fsp3) is 0.273. The molecule has 98 valence electrons. The highest BCUT2D eigenvalue weighted by molar-refractivity contribution is 5.89. The Labute approximate surface area is 102 Å². The van der Waals surface area contributed by atoms with E-state index in [-0.39, 0.29) is 24.2 Å². The molecule has 0 aliphatic heterocycles. The van der Waals surface area contributed by atoms with Crippen molar-refractivity contribution in [2.75, 3.05) is 11.9 Å². The molecule has 5 nitrogen and oxygen atoms in total. The highest BCUT2D eigenvalue weighted by atomic mass is 19.1. The third-order valence-corrected chi connectivity index (χ3v) is 2.12. The van der Waals surface area contributed by atoms with Crippen molar-refractivity contribution < 1.29 is 23.5 Å². The summed E-state index contributed by atoms with van der Waals surface area (Å²) in [6.45, 7) is 1.30. The van der Waals surface area contributed by atoms with Crippen LogP contribution >= 0.6 is 0 Å². The number of benzene rings is 1. The molecule has 1 aromatic rings. The van der Waals surface area contributed by atoms with Crippen LogP contribution < -0.4 is 10.6 Å². The molecule has 0 unspecified atom stereocenters. The number of halogens is 2. The Balaban J connectivity index is 2.59.